The van der Waals surface area contributed by atoms with Gasteiger partial charge < -0.3 is 0 Å². The minimum absolute atomic E-state index is 0.198. The van der Waals surface area contributed by atoms with Crippen LogP contribution in [-0.4, -0.2) is 20.7 Å². The molecule has 1 N–H and O–H groups in total. The Balaban J connectivity index is 3.89. The maximum atomic E-state index is 10.9. The van der Waals surface area contributed by atoms with Crippen LogP contribution in [0.5, 0.6) is 0 Å². The molecule has 0 aliphatic heterocycles. The van der Waals surface area contributed by atoms with E-state index in [1.54, 1.807) is 6.92 Å². The highest BCUT2D eigenvalue weighted by Gasteiger charge is 2.09. The van der Waals surface area contributed by atoms with Crippen molar-refractivity contribution in [2.45, 2.75) is 20.8 Å². The van der Waals surface area contributed by atoms with Gasteiger partial charge in [-0.1, -0.05) is 20.8 Å². The first-order chi connectivity index (χ1) is 4.48. The van der Waals surface area contributed by atoms with Gasteiger partial charge in [0.05, 0.1) is 5.75 Å². The first-order valence-corrected chi connectivity index (χ1v) is 5.10. The van der Waals surface area contributed by atoms with Crippen LogP contribution in [0.3, 0.4) is 0 Å². The third-order valence-corrected chi connectivity index (χ3v) is 2.75. The van der Waals surface area contributed by atoms with Crippen LogP contribution < -0.4 is 4.72 Å². The highest BCUT2D eigenvalue weighted by molar-refractivity contribution is 7.89. The van der Waals surface area contributed by atoms with Crippen molar-refractivity contribution < 1.29 is 8.42 Å². The summed E-state index contributed by atoms with van der Waals surface area (Å²) in [4.78, 5) is 0. The van der Waals surface area contributed by atoms with E-state index in [1.807, 2.05) is 13.8 Å². The molecule has 0 atom stereocenters. The van der Waals surface area contributed by atoms with Gasteiger partial charge in [0.1, 0.15) is 0 Å². The van der Waals surface area contributed by atoms with Crippen LogP contribution in [0.25, 0.3) is 0 Å². The molecule has 3 nitrogen and oxygen atoms in total. The zero-order chi connectivity index (χ0) is 8.20. The molecule has 0 rings (SSSR count). The van der Waals surface area contributed by atoms with Crippen LogP contribution >= 0.6 is 0 Å². The molecule has 0 saturated carbocycles. The van der Waals surface area contributed by atoms with Crippen molar-refractivity contribution in [3.05, 3.63) is 0 Å². The lowest BCUT2D eigenvalue weighted by Crippen LogP contribution is -2.28. The predicted octanol–water partition coefficient (Wildman–Crippen LogP) is 0.582. The summed E-state index contributed by atoms with van der Waals surface area (Å²) in [7, 11) is -2.98. The molecule has 0 aromatic carbocycles. The number of hydrogen-bond donors (Lipinski definition) is 1. The largest absolute Gasteiger partial charge is 0.216 e. The molecule has 0 spiro atoms. The van der Waals surface area contributed by atoms with Gasteiger partial charge in [-0.05, 0) is 5.92 Å². The maximum absolute atomic E-state index is 10.9. The van der Waals surface area contributed by atoms with Crippen LogP contribution in [0, 0.1) is 5.92 Å². The van der Waals surface area contributed by atoms with E-state index in [1.165, 1.54) is 0 Å². The Morgan fingerprint density at radius 1 is 1.40 bits per heavy atom. The van der Waals surface area contributed by atoms with Gasteiger partial charge in [0, 0.05) is 6.54 Å². The first kappa shape index (κ1) is 9.91. The van der Waals surface area contributed by atoms with E-state index in [9.17, 15) is 8.42 Å². The minimum atomic E-state index is -2.98. The molecule has 0 unspecified atom stereocenters. The molecule has 0 aliphatic carbocycles. The zero-order valence-electron chi connectivity index (χ0n) is 6.72. The van der Waals surface area contributed by atoms with Gasteiger partial charge in [0.25, 0.3) is 0 Å². The average molecular weight is 165 g/mol. The Labute approximate surface area is 62.9 Å². The van der Waals surface area contributed by atoms with E-state index in [2.05, 4.69) is 4.72 Å². The molecule has 10 heavy (non-hydrogen) atoms. The molecule has 0 bridgehead atoms. The predicted molar refractivity (Wildman–Crippen MR) is 42.3 cm³/mol. The third-order valence-electron chi connectivity index (χ3n) is 0.917. The summed E-state index contributed by atoms with van der Waals surface area (Å²) in [5.41, 5.74) is 0. The third kappa shape index (κ3) is 4.76. The van der Waals surface area contributed by atoms with Gasteiger partial charge in [0.2, 0.25) is 10.0 Å². The molecule has 0 aliphatic rings. The summed E-state index contributed by atoms with van der Waals surface area (Å²) in [5, 5.41) is 0. The molecule has 0 saturated heterocycles. The van der Waals surface area contributed by atoms with E-state index in [-0.39, 0.29) is 11.7 Å². The van der Waals surface area contributed by atoms with E-state index in [0.29, 0.717) is 6.54 Å². The summed E-state index contributed by atoms with van der Waals surface area (Å²) in [5.74, 6) is 0.421. The Morgan fingerprint density at radius 2 is 1.90 bits per heavy atom. The fraction of sp³-hybridized carbons (Fsp3) is 1.00. The van der Waals surface area contributed by atoms with Crippen LogP contribution in [0.15, 0.2) is 0 Å². The second-order valence-corrected chi connectivity index (χ2v) is 4.52. The van der Waals surface area contributed by atoms with Crippen LogP contribution in [-0.2, 0) is 10.0 Å². The summed E-state index contributed by atoms with van der Waals surface area (Å²) in [6.45, 7) is 6.02. The highest BCUT2D eigenvalue weighted by Crippen LogP contribution is 1.96. The van der Waals surface area contributed by atoms with Gasteiger partial charge in [-0.25, -0.2) is 13.1 Å². The molecule has 0 aromatic heterocycles. The molecule has 0 fully saturated rings. The molecular weight excluding hydrogens is 150 g/mol. The van der Waals surface area contributed by atoms with Gasteiger partial charge in [-0.3, -0.25) is 0 Å². The van der Waals surface area contributed by atoms with Crippen molar-refractivity contribution in [2.24, 2.45) is 5.92 Å². The number of nitrogens with one attached hydrogen (secondary N) is 1. The number of rotatable bonds is 4. The molecule has 62 valence electrons. The van der Waals surface area contributed by atoms with Gasteiger partial charge >= 0.3 is 0 Å². The lowest BCUT2D eigenvalue weighted by molar-refractivity contribution is 0.570. The first-order valence-electron chi connectivity index (χ1n) is 3.45. The van der Waals surface area contributed by atoms with Crippen LogP contribution in [0.1, 0.15) is 20.8 Å². The normalized spacial score (nSPS) is 12.4. The van der Waals surface area contributed by atoms with Crippen molar-refractivity contribution in [1.82, 2.24) is 4.72 Å². The van der Waals surface area contributed by atoms with Crippen molar-refractivity contribution in [3.8, 4) is 0 Å². The smallest absolute Gasteiger partial charge is 0.211 e. The zero-order valence-corrected chi connectivity index (χ0v) is 7.53. The SMILES string of the molecule is CCNS(=O)(=O)CC(C)C. The van der Waals surface area contributed by atoms with Crippen molar-refractivity contribution in [1.29, 1.82) is 0 Å². The Hall–Kier alpha value is -0.0900. The molecular formula is C6H15NO2S. The Bertz CT molecular complexity index is 172. The molecule has 0 radical (unpaired) electrons. The van der Waals surface area contributed by atoms with Crippen LogP contribution in [0.4, 0.5) is 0 Å². The Kier molecular flexibility index (Phi) is 3.89. The fourth-order valence-electron chi connectivity index (χ4n) is 0.718. The molecule has 0 amide bonds. The second kappa shape index (κ2) is 3.93. The fourth-order valence-corrected chi connectivity index (χ4v) is 2.15. The van der Waals surface area contributed by atoms with Crippen molar-refractivity contribution in [3.63, 3.8) is 0 Å². The van der Waals surface area contributed by atoms with Gasteiger partial charge in [-0.2, -0.15) is 0 Å². The molecule has 0 heterocycles. The standard InChI is InChI=1S/C6H15NO2S/c1-4-7-10(8,9)5-6(2)3/h6-7H,4-5H2,1-3H3. The van der Waals surface area contributed by atoms with Crippen molar-refractivity contribution >= 4 is 10.0 Å². The topological polar surface area (TPSA) is 46.2 Å². The Morgan fingerprint density at radius 3 is 2.20 bits per heavy atom. The summed E-state index contributed by atoms with van der Waals surface area (Å²) >= 11 is 0. The number of hydrogen-bond acceptors (Lipinski definition) is 2. The minimum Gasteiger partial charge on any atom is -0.216 e. The highest BCUT2D eigenvalue weighted by atomic mass is 32.2. The second-order valence-electron chi connectivity index (χ2n) is 2.67. The lowest BCUT2D eigenvalue weighted by Gasteiger charge is -2.05. The summed E-state index contributed by atoms with van der Waals surface area (Å²) < 4.78 is 24.3. The van der Waals surface area contributed by atoms with Crippen molar-refractivity contribution in [2.75, 3.05) is 12.3 Å². The van der Waals surface area contributed by atoms with Crippen LogP contribution in [0.2, 0.25) is 0 Å². The average Bonchev–Trinajstić information content (AvgIpc) is 1.59. The summed E-state index contributed by atoms with van der Waals surface area (Å²) in [6.07, 6.45) is 0. The van der Waals surface area contributed by atoms with Gasteiger partial charge in [-0.15, -0.1) is 0 Å². The van der Waals surface area contributed by atoms with E-state index >= 15 is 0 Å². The lowest BCUT2D eigenvalue weighted by atomic mass is 10.3. The summed E-state index contributed by atoms with van der Waals surface area (Å²) in [6, 6.07) is 0. The van der Waals surface area contributed by atoms with E-state index < -0.39 is 10.0 Å². The maximum Gasteiger partial charge on any atom is 0.211 e. The monoisotopic (exact) mass is 165 g/mol. The van der Waals surface area contributed by atoms with E-state index in [4.69, 9.17) is 0 Å². The molecule has 4 heteroatoms. The quantitative estimate of drug-likeness (QED) is 0.662. The molecule has 0 aromatic rings. The van der Waals surface area contributed by atoms with E-state index in [0.717, 1.165) is 0 Å². The van der Waals surface area contributed by atoms with Gasteiger partial charge in [0.15, 0.2) is 0 Å². The number of sulfonamides is 1.